The first-order valence-electron chi connectivity index (χ1n) is 6.09. The van der Waals surface area contributed by atoms with Crippen LogP contribution in [0.2, 0.25) is 0 Å². The Labute approximate surface area is 111 Å². The van der Waals surface area contributed by atoms with Crippen LogP contribution >= 0.6 is 0 Å². The van der Waals surface area contributed by atoms with Gasteiger partial charge in [0, 0.05) is 24.4 Å². The molecule has 2 aromatic heterocycles. The lowest BCUT2D eigenvalue weighted by Gasteiger charge is -2.07. The predicted molar refractivity (Wildman–Crippen MR) is 70.8 cm³/mol. The maximum Gasteiger partial charge on any atom is 0.251 e. The fourth-order valence-electron chi connectivity index (χ4n) is 1.63. The first kappa shape index (κ1) is 13.1. The van der Waals surface area contributed by atoms with E-state index in [9.17, 15) is 4.79 Å². The number of aryl methyl sites for hydroxylation is 1. The van der Waals surface area contributed by atoms with Gasteiger partial charge >= 0.3 is 0 Å². The Morgan fingerprint density at radius 3 is 2.84 bits per heavy atom. The van der Waals surface area contributed by atoms with Crippen LogP contribution in [-0.2, 0) is 13.0 Å². The van der Waals surface area contributed by atoms with Crippen molar-refractivity contribution in [3.05, 3.63) is 41.4 Å². The standard InChI is InChI=1S/C13H16N4O2/c1-3-10-6-9(7-12(14-2)16-10)13(18)15-8-11-4-5-19-17-11/h4-7H,3,8H2,1-2H3,(H,14,16)(H,15,18). The van der Waals surface area contributed by atoms with Gasteiger partial charge in [-0.2, -0.15) is 0 Å². The predicted octanol–water partition coefficient (Wildman–Crippen LogP) is 1.60. The summed E-state index contributed by atoms with van der Waals surface area (Å²) in [6.07, 6.45) is 2.25. The maximum atomic E-state index is 12.1. The highest BCUT2D eigenvalue weighted by Crippen LogP contribution is 2.11. The van der Waals surface area contributed by atoms with Crippen LogP contribution in [0.5, 0.6) is 0 Å². The number of pyridine rings is 1. The van der Waals surface area contributed by atoms with Crippen molar-refractivity contribution in [2.45, 2.75) is 19.9 Å². The number of rotatable bonds is 5. The highest BCUT2D eigenvalue weighted by Gasteiger charge is 2.09. The molecule has 0 fully saturated rings. The molecule has 6 nitrogen and oxygen atoms in total. The summed E-state index contributed by atoms with van der Waals surface area (Å²) in [6, 6.07) is 5.22. The molecular weight excluding hydrogens is 244 g/mol. The van der Waals surface area contributed by atoms with Crippen molar-refractivity contribution in [3.8, 4) is 0 Å². The molecule has 2 aromatic rings. The van der Waals surface area contributed by atoms with Gasteiger partial charge in [-0.05, 0) is 18.6 Å². The Balaban J connectivity index is 2.09. The Kier molecular flexibility index (Phi) is 4.12. The summed E-state index contributed by atoms with van der Waals surface area (Å²) in [5.41, 5.74) is 2.14. The lowest BCUT2D eigenvalue weighted by atomic mass is 10.2. The number of nitrogens with zero attached hydrogens (tertiary/aromatic N) is 2. The SMILES string of the molecule is CCc1cc(C(=O)NCc2ccon2)cc(NC)n1. The van der Waals surface area contributed by atoms with E-state index in [-0.39, 0.29) is 5.91 Å². The largest absolute Gasteiger partial charge is 0.373 e. The minimum Gasteiger partial charge on any atom is -0.373 e. The van der Waals surface area contributed by atoms with Gasteiger partial charge in [0.1, 0.15) is 17.8 Å². The minimum absolute atomic E-state index is 0.156. The van der Waals surface area contributed by atoms with Crippen LogP contribution in [0.1, 0.15) is 28.7 Å². The lowest BCUT2D eigenvalue weighted by molar-refractivity contribution is 0.0950. The second kappa shape index (κ2) is 5.99. The van der Waals surface area contributed by atoms with E-state index in [1.165, 1.54) is 6.26 Å². The first-order chi connectivity index (χ1) is 9.22. The van der Waals surface area contributed by atoms with Crippen molar-refractivity contribution >= 4 is 11.7 Å². The molecule has 0 aliphatic rings. The summed E-state index contributed by atoms with van der Waals surface area (Å²) in [5, 5.41) is 9.47. The minimum atomic E-state index is -0.156. The van der Waals surface area contributed by atoms with Gasteiger partial charge in [-0.25, -0.2) is 4.98 Å². The average molecular weight is 260 g/mol. The number of carbonyl (C=O) groups excluding carboxylic acids is 1. The zero-order chi connectivity index (χ0) is 13.7. The fraction of sp³-hybridized carbons (Fsp3) is 0.308. The van der Waals surface area contributed by atoms with Crippen LogP contribution in [0.3, 0.4) is 0 Å². The van der Waals surface area contributed by atoms with Crippen molar-refractivity contribution in [1.82, 2.24) is 15.5 Å². The molecule has 1 amide bonds. The third-order valence-corrected chi connectivity index (χ3v) is 2.68. The normalized spacial score (nSPS) is 10.2. The van der Waals surface area contributed by atoms with Crippen LogP contribution in [0.15, 0.2) is 29.0 Å². The summed E-state index contributed by atoms with van der Waals surface area (Å²) >= 11 is 0. The molecule has 100 valence electrons. The summed E-state index contributed by atoms with van der Waals surface area (Å²) in [4.78, 5) is 16.4. The Morgan fingerprint density at radius 1 is 1.37 bits per heavy atom. The van der Waals surface area contributed by atoms with Gasteiger partial charge in [0.2, 0.25) is 0 Å². The van der Waals surface area contributed by atoms with E-state index in [2.05, 4.69) is 20.8 Å². The quantitative estimate of drug-likeness (QED) is 0.853. The number of nitrogens with one attached hydrogen (secondary N) is 2. The number of hydrogen-bond donors (Lipinski definition) is 2. The maximum absolute atomic E-state index is 12.1. The summed E-state index contributed by atoms with van der Waals surface area (Å²) in [5.74, 6) is 0.530. The van der Waals surface area contributed by atoms with Crippen LogP contribution in [0, 0.1) is 0 Å². The second-order valence-corrected chi connectivity index (χ2v) is 4.01. The number of hydrogen-bond acceptors (Lipinski definition) is 5. The molecule has 2 heterocycles. The van der Waals surface area contributed by atoms with Crippen molar-refractivity contribution in [1.29, 1.82) is 0 Å². The number of aromatic nitrogens is 2. The van der Waals surface area contributed by atoms with Crippen LogP contribution in [0.25, 0.3) is 0 Å². The van der Waals surface area contributed by atoms with Gasteiger partial charge < -0.3 is 15.2 Å². The van der Waals surface area contributed by atoms with Gasteiger partial charge in [0.15, 0.2) is 0 Å². The number of amides is 1. The van der Waals surface area contributed by atoms with E-state index in [1.54, 1.807) is 25.2 Å². The number of carbonyl (C=O) groups is 1. The van der Waals surface area contributed by atoms with Crippen molar-refractivity contribution in [2.24, 2.45) is 0 Å². The molecule has 0 unspecified atom stereocenters. The van der Waals surface area contributed by atoms with Gasteiger partial charge in [-0.15, -0.1) is 0 Å². The molecule has 2 rings (SSSR count). The van der Waals surface area contributed by atoms with Gasteiger partial charge in [-0.3, -0.25) is 4.79 Å². The first-order valence-corrected chi connectivity index (χ1v) is 6.09. The summed E-state index contributed by atoms with van der Waals surface area (Å²) in [6.45, 7) is 2.34. The molecule has 0 aromatic carbocycles. The zero-order valence-electron chi connectivity index (χ0n) is 10.9. The molecule has 0 saturated heterocycles. The molecule has 0 bridgehead atoms. The Bertz CT molecular complexity index is 530. The Hall–Kier alpha value is -2.37. The molecule has 19 heavy (non-hydrogen) atoms. The van der Waals surface area contributed by atoms with Gasteiger partial charge in [0.05, 0.1) is 6.54 Å². The zero-order valence-corrected chi connectivity index (χ0v) is 10.9. The van der Waals surface area contributed by atoms with E-state index in [4.69, 9.17) is 4.52 Å². The molecule has 0 aliphatic carbocycles. The fourth-order valence-corrected chi connectivity index (χ4v) is 1.63. The van der Waals surface area contributed by atoms with Crippen molar-refractivity contribution in [3.63, 3.8) is 0 Å². The molecule has 0 saturated carbocycles. The van der Waals surface area contributed by atoms with Crippen molar-refractivity contribution < 1.29 is 9.32 Å². The summed E-state index contributed by atoms with van der Waals surface area (Å²) < 4.78 is 4.70. The third kappa shape index (κ3) is 3.31. The third-order valence-electron chi connectivity index (χ3n) is 2.68. The monoisotopic (exact) mass is 260 g/mol. The van der Waals surface area contributed by atoms with E-state index < -0.39 is 0 Å². The van der Waals surface area contributed by atoms with E-state index >= 15 is 0 Å². The van der Waals surface area contributed by atoms with E-state index in [1.807, 2.05) is 6.92 Å². The molecule has 6 heteroatoms. The van der Waals surface area contributed by atoms with E-state index in [0.717, 1.165) is 12.1 Å². The highest BCUT2D eigenvalue weighted by molar-refractivity contribution is 5.94. The molecule has 0 radical (unpaired) electrons. The molecular formula is C13H16N4O2. The lowest BCUT2D eigenvalue weighted by Crippen LogP contribution is -2.23. The topological polar surface area (TPSA) is 80.0 Å². The average Bonchev–Trinajstić information content (AvgIpc) is 2.97. The molecule has 2 N–H and O–H groups in total. The highest BCUT2D eigenvalue weighted by atomic mass is 16.5. The Morgan fingerprint density at radius 2 is 2.21 bits per heavy atom. The van der Waals surface area contributed by atoms with Crippen LogP contribution in [0.4, 0.5) is 5.82 Å². The van der Waals surface area contributed by atoms with Gasteiger partial charge in [-0.1, -0.05) is 12.1 Å². The number of anilines is 1. The van der Waals surface area contributed by atoms with Crippen LogP contribution < -0.4 is 10.6 Å². The molecule has 0 spiro atoms. The molecule has 0 atom stereocenters. The van der Waals surface area contributed by atoms with Crippen LogP contribution in [-0.4, -0.2) is 23.1 Å². The molecule has 0 aliphatic heterocycles. The smallest absolute Gasteiger partial charge is 0.251 e. The second-order valence-electron chi connectivity index (χ2n) is 4.01. The van der Waals surface area contributed by atoms with E-state index in [0.29, 0.717) is 23.6 Å². The van der Waals surface area contributed by atoms with Crippen molar-refractivity contribution in [2.75, 3.05) is 12.4 Å². The van der Waals surface area contributed by atoms with Gasteiger partial charge in [0.25, 0.3) is 5.91 Å². The summed E-state index contributed by atoms with van der Waals surface area (Å²) in [7, 11) is 1.78.